The quantitative estimate of drug-likeness (QED) is 0.909. The second kappa shape index (κ2) is 6.22. The van der Waals surface area contributed by atoms with Crippen LogP contribution in [0.5, 0.6) is 0 Å². The standard InChI is InChI=1S/C15H20ClN3/c1-4-17-15(8-12-9-18-19(3)10-12)13-5-6-14(16)11(2)7-13/h5-7,9-10,15,17H,4,8H2,1-3H3. The summed E-state index contributed by atoms with van der Waals surface area (Å²) < 4.78 is 1.84. The van der Waals surface area contributed by atoms with Crippen molar-refractivity contribution in [2.75, 3.05) is 6.54 Å². The largest absolute Gasteiger partial charge is 0.310 e. The summed E-state index contributed by atoms with van der Waals surface area (Å²) in [5.41, 5.74) is 3.63. The second-order valence-electron chi connectivity index (χ2n) is 4.85. The van der Waals surface area contributed by atoms with Gasteiger partial charge in [0.25, 0.3) is 0 Å². The Morgan fingerprint density at radius 1 is 1.42 bits per heavy atom. The molecule has 102 valence electrons. The molecule has 0 radical (unpaired) electrons. The Balaban J connectivity index is 2.21. The van der Waals surface area contributed by atoms with Gasteiger partial charge in [-0.05, 0) is 42.6 Å². The lowest BCUT2D eigenvalue weighted by Gasteiger charge is -2.18. The third kappa shape index (κ3) is 3.58. The van der Waals surface area contributed by atoms with E-state index in [0.717, 1.165) is 23.6 Å². The van der Waals surface area contributed by atoms with Crippen LogP contribution in [0.2, 0.25) is 5.02 Å². The van der Waals surface area contributed by atoms with E-state index in [1.807, 2.05) is 30.9 Å². The SMILES string of the molecule is CCNC(Cc1cnn(C)c1)c1ccc(Cl)c(C)c1. The molecular weight excluding hydrogens is 258 g/mol. The van der Waals surface area contributed by atoms with Crippen molar-refractivity contribution in [1.82, 2.24) is 15.1 Å². The predicted molar refractivity (Wildman–Crippen MR) is 79.5 cm³/mol. The van der Waals surface area contributed by atoms with Gasteiger partial charge in [0, 0.05) is 24.3 Å². The molecule has 4 heteroatoms. The van der Waals surface area contributed by atoms with E-state index < -0.39 is 0 Å². The molecule has 0 aliphatic heterocycles. The first-order valence-electron chi connectivity index (χ1n) is 6.57. The highest BCUT2D eigenvalue weighted by atomic mass is 35.5. The van der Waals surface area contributed by atoms with Crippen LogP contribution in [-0.4, -0.2) is 16.3 Å². The fourth-order valence-corrected chi connectivity index (χ4v) is 2.37. The van der Waals surface area contributed by atoms with Gasteiger partial charge in [-0.2, -0.15) is 5.10 Å². The number of hydrogen-bond donors (Lipinski definition) is 1. The number of halogens is 1. The van der Waals surface area contributed by atoms with Crippen molar-refractivity contribution in [2.45, 2.75) is 26.3 Å². The summed E-state index contributed by atoms with van der Waals surface area (Å²) in [6, 6.07) is 6.52. The molecule has 0 aliphatic carbocycles. The topological polar surface area (TPSA) is 29.9 Å². The molecule has 0 saturated carbocycles. The maximum absolute atomic E-state index is 6.09. The Kier molecular flexibility index (Phi) is 4.61. The van der Waals surface area contributed by atoms with Crippen molar-refractivity contribution in [1.29, 1.82) is 0 Å². The van der Waals surface area contributed by atoms with Crippen LogP contribution in [0.25, 0.3) is 0 Å². The van der Waals surface area contributed by atoms with Gasteiger partial charge >= 0.3 is 0 Å². The molecule has 1 N–H and O–H groups in total. The number of aromatic nitrogens is 2. The molecule has 3 nitrogen and oxygen atoms in total. The highest BCUT2D eigenvalue weighted by Crippen LogP contribution is 2.23. The Morgan fingerprint density at radius 2 is 2.21 bits per heavy atom. The first kappa shape index (κ1) is 14.1. The van der Waals surface area contributed by atoms with E-state index >= 15 is 0 Å². The molecule has 0 aliphatic rings. The molecule has 2 rings (SSSR count). The average molecular weight is 278 g/mol. The highest BCUT2D eigenvalue weighted by molar-refractivity contribution is 6.31. The Bertz CT molecular complexity index is 548. The van der Waals surface area contributed by atoms with Gasteiger partial charge in [-0.15, -0.1) is 0 Å². The minimum absolute atomic E-state index is 0.296. The molecule has 0 bridgehead atoms. The van der Waals surface area contributed by atoms with Gasteiger partial charge in [-0.1, -0.05) is 30.7 Å². The number of rotatable bonds is 5. The Hall–Kier alpha value is -1.32. The molecular formula is C15H20ClN3. The van der Waals surface area contributed by atoms with Gasteiger partial charge in [-0.3, -0.25) is 4.68 Å². The van der Waals surface area contributed by atoms with Gasteiger partial charge in [0.15, 0.2) is 0 Å². The number of nitrogens with zero attached hydrogens (tertiary/aromatic N) is 2. The molecule has 1 atom stereocenters. The number of nitrogens with one attached hydrogen (secondary N) is 1. The van der Waals surface area contributed by atoms with Crippen LogP contribution in [-0.2, 0) is 13.5 Å². The van der Waals surface area contributed by atoms with E-state index in [1.165, 1.54) is 11.1 Å². The van der Waals surface area contributed by atoms with Crippen molar-refractivity contribution < 1.29 is 0 Å². The third-order valence-corrected chi connectivity index (χ3v) is 3.66. The van der Waals surface area contributed by atoms with Crippen molar-refractivity contribution in [3.63, 3.8) is 0 Å². The fourth-order valence-electron chi connectivity index (χ4n) is 2.25. The van der Waals surface area contributed by atoms with Gasteiger partial charge in [0.2, 0.25) is 0 Å². The first-order chi connectivity index (χ1) is 9.10. The zero-order chi connectivity index (χ0) is 13.8. The molecule has 2 aromatic rings. The lowest BCUT2D eigenvalue weighted by molar-refractivity contribution is 0.549. The summed E-state index contributed by atoms with van der Waals surface area (Å²) in [5, 5.41) is 8.57. The molecule has 1 aromatic heterocycles. The lowest BCUT2D eigenvalue weighted by Crippen LogP contribution is -2.22. The lowest BCUT2D eigenvalue weighted by atomic mass is 9.99. The maximum Gasteiger partial charge on any atom is 0.0522 e. The third-order valence-electron chi connectivity index (χ3n) is 3.23. The fraction of sp³-hybridized carbons (Fsp3) is 0.400. The van der Waals surface area contributed by atoms with Crippen LogP contribution in [0, 0.1) is 6.92 Å². The smallest absolute Gasteiger partial charge is 0.0522 e. The van der Waals surface area contributed by atoms with E-state index in [1.54, 1.807) is 0 Å². The van der Waals surface area contributed by atoms with Crippen molar-refractivity contribution >= 4 is 11.6 Å². The molecule has 1 unspecified atom stereocenters. The van der Waals surface area contributed by atoms with Gasteiger partial charge in [0.1, 0.15) is 0 Å². The Morgan fingerprint density at radius 3 is 2.79 bits per heavy atom. The zero-order valence-corrected chi connectivity index (χ0v) is 12.4. The van der Waals surface area contributed by atoms with E-state index in [0.29, 0.717) is 6.04 Å². The van der Waals surface area contributed by atoms with E-state index in [4.69, 9.17) is 11.6 Å². The van der Waals surface area contributed by atoms with Gasteiger partial charge in [-0.25, -0.2) is 0 Å². The Labute approximate surface area is 119 Å². The van der Waals surface area contributed by atoms with Gasteiger partial charge < -0.3 is 5.32 Å². The van der Waals surface area contributed by atoms with Gasteiger partial charge in [0.05, 0.1) is 6.20 Å². The van der Waals surface area contributed by atoms with Crippen molar-refractivity contribution in [2.24, 2.45) is 7.05 Å². The second-order valence-corrected chi connectivity index (χ2v) is 5.25. The van der Waals surface area contributed by atoms with Crippen LogP contribution < -0.4 is 5.32 Å². The first-order valence-corrected chi connectivity index (χ1v) is 6.95. The van der Waals surface area contributed by atoms with Crippen LogP contribution in [0.15, 0.2) is 30.6 Å². The van der Waals surface area contributed by atoms with Crippen molar-refractivity contribution in [3.05, 3.63) is 52.3 Å². The molecule has 0 amide bonds. The minimum atomic E-state index is 0.296. The van der Waals surface area contributed by atoms with Crippen LogP contribution >= 0.6 is 11.6 Å². The zero-order valence-electron chi connectivity index (χ0n) is 11.7. The summed E-state index contributed by atoms with van der Waals surface area (Å²) in [6.07, 6.45) is 4.92. The summed E-state index contributed by atoms with van der Waals surface area (Å²) >= 11 is 6.09. The summed E-state index contributed by atoms with van der Waals surface area (Å²) in [7, 11) is 1.94. The molecule has 1 aromatic carbocycles. The average Bonchev–Trinajstić information content (AvgIpc) is 2.78. The summed E-state index contributed by atoms with van der Waals surface area (Å²) in [5.74, 6) is 0. The molecule has 19 heavy (non-hydrogen) atoms. The van der Waals surface area contributed by atoms with Crippen LogP contribution in [0.4, 0.5) is 0 Å². The normalized spacial score (nSPS) is 12.6. The number of aryl methyl sites for hydroxylation is 2. The van der Waals surface area contributed by atoms with E-state index in [2.05, 4.69) is 35.7 Å². The molecule has 0 spiro atoms. The van der Waals surface area contributed by atoms with E-state index in [9.17, 15) is 0 Å². The number of hydrogen-bond acceptors (Lipinski definition) is 2. The number of benzene rings is 1. The highest BCUT2D eigenvalue weighted by Gasteiger charge is 2.13. The van der Waals surface area contributed by atoms with E-state index in [-0.39, 0.29) is 0 Å². The summed E-state index contributed by atoms with van der Waals surface area (Å²) in [4.78, 5) is 0. The van der Waals surface area contributed by atoms with Crippen molar-refractivity contribution in [3.8, 4) is 0 Å². The van der Waals surface area contributed by atoms with Crippen LogP contribution in [0.3, 0.4) is 0 Å². The maximum atomic E-state index is 6.09. The molecule has 1 heterocycles. The minimum Gasteiger partial charge on any atom is -0.310 e. The monoisotopic (exact) mass is 277 g/mol. The summed E-state index contributed by atoms with van der Waals surface area (Å²) in [6.45, 7) is 5.10. The molecule has 0 fully saturated rings. The number of likely N-dealkylation sites (N-methyl/N-ethyl adjacent to an activating group) is 1. The molecule has 0 saturated heterocycles. The predicted octanol–water partition coefficient (Wildman–Crippen LogP) is 3.28. The van der Waals surface area contributed by atoms with Crippen LogP contribution in [0.1, 0.15) is 29.7 Å².